The number of ketones is 1. The van der Waals surface area contributed by atoms with Crippen LogP contribution in [0.2, 0.25) is 0 Å². The van der Waals surface area contributed by atoms with Crippen LogP contribution in [0.4, 0.5) is 0 Å². The molecule has 1 aliphatic carbocycles. The van der Waals surface area contributed by atoms with E-state index < -0.39 is 0 Å². The predicted octanol–water partition coefficient (Wildman–Crippen LogP) is 5.16. The Hall–Kier alpha value is -0.630. The quantitative estimate of drug-likeness (QED) is 0.705. The summed E-state index contributed by atoms with van der Waals surface area (Å²) >= 11 is 3.50. The monoisotopic (exact) mass is 308 g/mol. The average molecular weight is 309 g/mol. The molecule has 0 aliphatic heterocycles. The maximum Gasteiger partial charge on any atom is 0.167 e. The lowest BCUT2D eigenvalue weighted by molar-refractivity contribution is 0.0870. The summed E-state index contributed by atoms with van der Waals surface area (Å²) < 4.78 is 0.940. The van der Waals surface area contributed by atoms with Crippen molar-refractivity contribution in [2.75, 3.05) is 0 Å². The lowest BCUT2D eigenvalue weighted by Crippen LogP contribution is -2.22. The molecule has 0 N–H and O–H groups in total. The molecule has 0 unspecified atom stereocenters. The number of Topliss-reactive ketones (excluding diaryl/α,β-unsaturated/α-hetero) is 1. The van der Waals surface area contributed by atoms with E-state index in [2.05, 4.69) is 22.9 Å². The molecule has 18 heavy (non-hydrogen) atoms. The number of carbonyl (C=O) groups is 1. The van der Waals surface area contributed by atoms with Crippen molar-refractivity contribution in [3.63, 3.8) is 0 Å². The first-order chi connectivity index (χ1) is 8.61. The van der Waals surface area contributed by atoms with Gasteiger partial charge >= 0.3 is 0 Å². The molecule has 0 heterocycles. The van der Waals surface area contributed by atoms with E-state index in [1.165, 1.54) is 19.3 Å². The highest BCUT2D eigenvalue weighted by molar-refractivity contribution is 9.10. The van der Waals surface area contributed by atoms with Crippen LogP contribution in [0.15, 0.2) is 22.7 Å². The zero-order chi connectivity index (χ0) is 13.1. The second-order valence-corrected chi connectivity index (χ2v) is 6.33. The highest BCUT2D eigenvalue weighted by atomic mass is 79.9. The van der Waals surface area contributed by atoms with Crippen LogP contribution in [-0.2, 0) is 0 Å². The van der Waals surface area contributed by atoms with Crippen molar-refractivity contribution in [2.45, 2.75) is 46.0 Å². The van der Waals surface area contributed by atoms with Gasteiger partial charge in [-0.15, -0.1) is 0 Å². The van der Waals surface area contributed by atoms with Crippen LogP contribution in [0.1, 0.15) is 54.9 Å². The van der Waals surface area contributed by atoms with Gasteiger partial charge in [0.1, 0.15) is 0 Å². The first kappa shape index (κ1) is 13.8. The lowest BCUT2D eigenvalue weighted by Gasteiger charge is -2.27. The van der Waals surface area contributed by atoms with Crippen molar-refractivity contribution in [3.8, 4) is 0 Å². The summed E-state index contributed by atoms with van der Waals surface area (Å²) in [6.45, 7) is 4.29. The van der Waals surface area contributed by atoms with Gasteiger partial charge in [0.2, 0.25) is 0 Å². The second-order valence-electron chi connectivity index (χ2n) is 5.47. The molecule has 1 aliphatic rings. The van der Waals surface area contributed by atoms with Gasteiger partial charge in [0.25, 0.3) is 0 Å². The van der Waals surface area contributed by atoms with Gasteiger partial charge in [0.15, 0.2) is 5.78 Å². The van der Waals surface area contributed by atoms with E-state index in [1.807, 2.05) is 25.1 Å². The number of hydrogen-bond donors (Lipinski definition) is 0. The zero-order valence-corrected chi connectivity index (χ0v) is 12.8. The number of hydrogen-bond acceptors (Lipinski definition) is 1. The molecule has 2 heteroatoms. The number of aryl methyl sites for hydroxylation is 1. The summed E-state index contributed by atoms with van der Waals surface area (Å²) in [5, 5.41) is 0. The van der Waals surface area contributed by atoms with Gasteiger partial charge in [0.05, 0.1) is 0 Å². The topological polar surface area (TPSA) is 17.1 Å². The summed E-state index contributed by atoms with van der Waals surface area (Å²) in [6, 6.07) is 6.04. The minimum Gasteiger partial charge on any atom is -0.294 e. The molecule has 2 rings (SSSR count). The Labute approximate surface area is 118 Å². The molecule has 0 saturated heterocycles. The molecule has 0 amide bonds. The SMILES string of the molecule is CCC1CCC(C(=O)c2cc(C)ccc2Br)CC1. The summed E-state index contributed by atoms with van der Waals surface area (Å²) in [7, 11) is 0. The van der Waals surface area contributed by atoms with E-state index in [0.717, 1.165) is 34.4 Å². The first-order valence-electron chi connectivity index (χ1n) is 6.92. The van der Waals surface area contributed by atoms with E-state index >= 15 is 0 Å². The minimum absolute atomic E-state index is 0.242. The Bertz CT molecular complexity index is 431. The Balaban J connectivity index is 2.10. The predicted molar refractivity (Wildman–Crippen MR) is 78.9 cm³/mol. The number of halogens is 1. The second kappa shape index (κ2) is 6.01. The lowest BCUT2D eigenvalue weighted by atomic mass is 9.78. The molecule has 1 saturated carbocycles. The molecule has 1 aromatic rings. The Morgan fingerprint density at radius 2 is 1.94 bits per heavy atom. The molecular weight excluding hydrogens is 288 g/mol. The normalized spacial score (nSPS) is 23.9. The molecular formula is C16H21BrO. The molecule has 98 valence electrons. The van der Waals surface area contributed by atoms with Crippen LogP contribution in [0.3, 0.4) is 0 Å². The van der Waals surface area contributed by atoms with Crippen LogP contribution < -0.4 is 0 Å². The maximum absolute atomic E-state index is 12.5. The van der Waals surface area contributed by atoms with E-state index in [-0.39, 0.29) is 5.92 Å². The maximum atomic E-state index is 12.5. The van der Waals surface area contributed by atoms with Crippen molar-refractivity contribution in [3.05, 3.63) is 33.8 Å². The van der Waals surface area contributed by atoms with Gasteiger partial charge in [-0.2, -0.15) is 0 Å². The molecule has 0 spiro atoms. The Morgan fingerprint density at radius 1 is 1.28 bits per heavy atom. The molecule has 0 atom stereocenters. The van der Waals surface area contributed by atoms with Crippen LogP contribution in [-0.4, -0.2) is 5.78 Å². The van der Waals surface area contributed by atoms with Gasteiger partial charge in [-0.05, 0) is 50.7 Å². The van der Waals surface area contributed by atoms with Crippen LogP contribution in [0, 0.1) is 18.8 Å². The highest BCUT2D eigenvalue weighted by Crippen LogP contribution is 2.34. The van der Waals surface area contributed by atoms with Crippen LogP contribution in [0.5, 0.6) is 0 Å². The first-order valence-corrected chi connectivity index (χ1v) is 7.71. The fourth-order valence-corrected chi connectivity index (χ4v) is 3.32. The third-order valence-electron chi connectivity index (χ3n) is 4.18. The average Bonchev–Trinajstić information content (AvgIpc) is 2.41. The smallest absolute Gasteiger partial charge is 0.167 e. The van der Waals surface area contributed by atoms with Crippen molar-refractivity contribution in [2.24, 2.45) is 11.8 Å². The summed E-state index contributed by atoms with van der Waals surface area (Å²) in [5.41, 5.74) is 2.03. The fourth-order valence-electron chi connectivity index (χ4n) is 2.88. The number of rotatable bonds is 3. The Morgan fingerprint density at radius 3 is 2.56 bits per heavy atom. The van der Waals surface area contributed by atoms with Gasteiger partial charge in [-0.3, -0.25) is 4.79 Å². The molecule has 1 fully saturated rings. The largest absolute Gasteiger partial charge is 0.294 e. The van der Waals surface area contributed by atoms with Gasteiger partial charge in [-0.1, -0.05) is 40.9 Å². The fraction of sp³-hybridized carbons (Fsp3) is 0.562. The highest BCUT2D eigenvalue weighted by Gasteiger charge is 2.27. The van der Waals surface area contributed by atoms with E-state index in [4.69, 9.17) is 0 Å². The van der Waals surface area contributed by atoms with Gasteiger partial charge in [-0.25, -0.2) is 0 Å². The van der Waals surface area contributed by atoms with Crippen LogP contribution >= 0.6 is 15.9 Å². The molecule has 0 bridgehead atoms. The number of benzene rings is 1. The molecule has 1 nitrogen and oxygen atoms in total. The third kappa shape index (κ3) is 3.03. The summed E-state index contributed by atoms with van der Waals surface area (Å²) in [4.78, 5) is 12.5. The van der Waals surface area contributed by atoms with E-state index in [1.54, 1.807) is 0 Å². The number of carbonyl (C=O) groups excluding carboxylic acids is 1. The van der Waals surface area contributed by atoms with Gasteiger partial charge < -0.3 is 0 Å². The third-order valence-corrected chi connectivity index (χ3v) is 4.87. The van der Waals surface area contributed by atoms with Crippen molar-refractivity contribution in [1.29, 1.82) is 0 Å². The van der Waals surface area contributed by atoms with E-state index in [9.17, 15) is 4.79 Å². The molecule has 1 aromatic carbocycles. The Kier molecular flexibility index (Phi) is 4.60. The van der Waals surface area contributed by atoms with Gasteiger partial charge in [0, 0.05) is 16.0 Å². The van der Waals surface area contributed by atoms with E-state index in [0.29, 0.717) is 5.78 Å². The zero-order valence-electron chi connectivity index (χ0n) is 11.2. The minimum atomic E-state index is 0.242. The van der Waals surface area contributed by atoms with Crippen molar-refractivity contribution >= 4 is 21.7 Å². The summed E-state index contributed by atoms with van der Waals surface area (Å²) in [5.74, 6) is 1.42. The van der Waals surface area contributed by atoms with Crippen LogP contribution in [0.25, 0.3) is 0 Å². The van der Waals surface area contributed by atoms with Crippen molar-refractivity contribution < 1.29 is 4.79 Å². The standard InChI is InChI=1S/C16H21BrO/c1-3-12-5-7-13(8-6-12)16(18)14-10-11(2)4-9-15(14)17/h4,9-10,12-13H,3,5-8H2,1-2H3. The van der Waals surface area contributed by atoms with Crippen molar-refractivity contribution in [1.82, 2.24) is 0 Å². The molecule has 0 radical (unpaired) electrons. The molecule has 0 aromatic heterocycles. The summed E-state index contributed by atoms with van der Waals surface area (Å²) in [6.07, 6.45) is 5.83.